The normalized spacial score (nSPS) is 18.7. The number of halogens is 1. The minimum Gasteiger partial charge on any atom is -0.494 e. The molecule has 1 N–H and O–H groups in total. The summed E-state index contributed by atoms with van der Waals surface area (Å²) >= 11 is 0. The lowest BCUT2D eigenvalue weighted by Gasteiger charge is -2.02. The third-order valence-electron chi connectivity index (χ3n) is 3.21. The van der Waals surface area contributed by atoms with Gasteiger partial charge in [-0.25, -0.2) is 4.39 Å². The maximum Gasteiger partial charge on any atom is 0.258 e. The van der Waals surface area contributed by atoms with Crippen LogP contribution in [0.4, 0.5) is 4.39 Å². The van der Waals surface area contributed by atoms with Crippen LogP contribution in [0.15, 0.2) is 22.7 Å². The highest BCUT2D eigenvalue weighted by atomic mass is 19.1. The van der Waals surface area contributed by atoms with Gasteiger partial charge in [-0.05, 0) is 37.6 Å². The van der Waals surface area contributed by atoms with Crippen molar-refractivity contribution in [2.45, 2.75) is 18.9 Å². The van der Waals surface area contributed by atoms with E-state index in [9.17, 15) is 4.39 Å². The van der Waals surface area contributed by atoms with Crippen molar-refractivity contribution in [3.63, 3.8) is 0 Å². The van der Waals surface area contributed by atoms with Gasteiger partial charge in [0.1, 0.15) is 0 Å². The van der Waals surface area contributed by atoms with Crippen LogP contribution in [0.25, 0.3) is 11.5 Å². The Labute approximate surface area is 109 Å². The summed E-state index contributed by atoms with van der Waals surface area (Å²) in [5, 5.41) is 7.23. The molecule has 1 unspecified atom stereocenters. The Morgan fingerprint density at radius 1 is 1.47 bits per heavy atom. The highest BCUT2D eigenvalue weighted by Gasteiger charge is 2.22. The van der Waals surface area contributed by atoms with Crippen LogP contribution in [0.3, 0.4) is 0 Å². The number of nitrogens with zero attached hydrogens (tertiary/aromatic N) is 2. The second kappa shape index (κ2) is 4.97. The zero-order valence-electron chi connectivity index (χ0n) is 10.5. The Hall–Kier alpha value is -1.95. The second-order valence-corrected chi connectivity index (χ2v) is 4.46. The van der Waals surface area contributed by atoms with Crippen LogP contribution in [0, 0.1) is 5.82 Å². The highest BCUT2D eigenvalue weighted by Crippen LogP contribution is 2.26. The predicted molar refractivity (Wildman–Crippen MR) is 66.2 cm³/mol. The Morgan fingerprint density at radius 2 is 2.37 bits per heavy atom. The van der Waals surface area contributed by atoms with Gasteiger partial charge >= 0.3 is 0 Å². The lowest BCUT2D eigenvalue weighted by atomic mass is 10.2. The van der Waals surface area contributed by atoms with Crippen LogP contribution >= 0.6 is 0 Å². The molecule has 1 aromatic carbocycles. The van der Waals surface area contributed by atoms with Gasteiger partial charge in [0.15, 0.2) is 17.4 Å². The molecule has 0 bridgehead atoms. The molecule has 1 atom stereocenters. The maximum absolute atomic E-state index is 13.6. The lowest BCUT2D eigenvalue weighted by molar-refractivity contribution is 0.386. The predicted octanol–water partition coefficient (Wildman–Crippen LogP) is 2.31. The molecule has 0 amide bonds. The Bertz CT molecular complexity index is 579. The molecule has 0 spiro atoms. The molecule has 5 nitrogen and oxygen atoms in total. The van der Waals surface area contributed by atoms with Gasteiger partial charge in [-0.3, -0.25) is 0 Å². The van der Waals surface area contributed by atoms with Gasteiger partial charge in [-0.15, -0.1) is 0 Å². The summed E-state index contributed by atoms with van der Waals surface area (Å²) in [5.74, 6) is 0.702. The molecule has 1 saturated heterocycles. The Morgan fingerprint density at radius 3 is 3.05 bits per heavy atom. The van der Waals surface area contributed by atoms with E-state index in [-0.39, 0.29) is 11.8 Å². The van der Waals surface area contributed by atoms with Crippen LogP contribution in [0.5, 0.6) is 5.75 Å². The molecule has 6 heteroatoms. The molecular formula is C13H14FN3O2. The Kier molecular flexibility index (Phi) is 3.16. The summed E-state index contributed by atoms with van der Waals surface area (Å²) in [5.41, 5.74) is 0.551. The number of benzene rings is 1. The van der Waals surface area contributed by atoms with Gasteiger partial charge in [0.2, 0.25) is 0 Å². The molecule has 0 saturated carbocycles. The van der Waals surface area contributed by atoms with E-state index >= 15 is 0 Å². The standard InChI is InChI=1S/C13H14FN3O2/c1-18-11-5-4-8(7-9(11)14)13-16-12(17-19-13)10-3-2-6-15-10/h4-5,7,10,15H,2-3,6H2,1H3. The second-order valence-electron chi connectivity index (χ2n) is 4.46. The van der Waals surface area contributed by atoms with Crippen molar-refractivity contribution in [2.75, 3.05) is 13.7 Å². The van der Waals surface area contributed by atoms with E-state index in [0.717, 1.165) is 19.4 Å². The molecule has 1 fully saturated rings. The monoisotopic (exact) mass is 263 g/mol. The number of nitrogens with one attached hydrogen (secondary N) is 1. The number of aromatic nitrogens is 2. The van der Waals surface area contributed by atoms with Gasteiger partial charge in [0, 0.05) is 5.56 Å². The molecule has 2 heterocycles. The van der Waals surface area contributed by atoms with Gasteiger partial charge in [0.25, 0.3) is 5.89 Å². The van der Waals surface area contributed by atoms with Gasteiger partial charge in [-0.2, -0.15) is 4.98 Å². The zero-order chi connectivity index (χ0) is 13.2. The molecule has 0 aliphatic carbocycles. The van der Waals surface area contributed by atoms with Crippen molar-refractivity contribution < 1.29 is 13.7 Å². The molecular weight excluding hydrogens is 249 g/mol. The SMILES string of the molecule is COc1ccc(-c2nc(C3CCCN3)no2)cc1F. The van der Waals surface area contributed by atoms with Crippen molar-refractivity contribution in [3.05, 3.63) is 29.8 Å². The van der Waals surface area contributed by atoms with E-state index in [1.807, 2.05) is 0 Å². The van der Waals surface area contributed by atoms with Crippen LogP contribution in [-0.4, -0.2) is 23.8 Å². The molecule has 2 aromatic rings. The van der Waals surface area contributed by atoms with E-state index in [1.165, 1.54) is 13.2 Å². The fourth-order valence-electron chi connectivity index (χ4n) is 2.20. The van der Waals surface area contributed by atoms with E-state index in [2.05, 4.69) is 15.5 Å². The summed E-state index contributed by atoms with van der Waals surface area (Å²) < 4.78 is 23.7. The van der Waals surface area contributed by atoms with Crippen molar-refractivity contribution >= 4 is 0 Å². The third-order valence-corrected chi connectivity index (χ3v) is 3.21. The van der Waals surface area contributed by atoms with Crippen molar-refractivity contribution in [2.24, 2.45) is 0 Å². The highest BCUT2D eigenvalue weighted by molar-refractivity contribution is 5.54. The number of methoxy groups -OCH3 is 1. The molecule has 0 radical (unpaired) electrons. The number of ether oxygens (including phenoxy) is 1. The Balaban J connectivity index is 1.87. The van der Waals surface area contributed by atoms with Crippen molar-refractivity contribution in [1.29, 1.82) is 0 Å². The molecule has 3 rings (SSSR count). The first-order valence-electron chi connectivity index (χ1n) is 6.19. The van der Waals surface area contributed by atoms with Crippen molar-refractivity contribution in [3.8, 4) is 17.2 Å². The lowest BCUT2D eigenvalue weighted by Crippen LogP contribution is -2.14. The smallest absolute Gasteiger partial charge is 0.258 e. The molecule has 19 heavy (non-hydrogen) atoms. The fraction of sp³-hybridized carbons (Fsp3) is 0.385. The van der Waals surface area contributed by atoms with Gasteiger partial charge < -0.3 is 14.6 Å². The van der Waals surface area contributed by atoms with Gasteiger partial charge in [0.05, 0.1) is 13.2 Å². The van der Waals surface area contributed by atoms with E-state index in [1.54, 1.807) is 12.1 Å². The summed E-state index contributed by atoms with van der Waals surface area (Å²) in [6.07, 6.45) is 2.10. The summed E-state index contributed by atoms with van der Waals surface area (Å²) in [7, 11) is 1.43. The largest absolute Gasteiger partial charge is 0.494 e. The first-order chi connectivity index (χ1) is 9.28. The minimum absolute atomic E-state index is 0.139. The number of hydrogen-bond acceptors (Lipinski definition) is 5. The topological polar surface area (TPSA) is 60.2 Å². The molecule has 100 valence electrons. The van der Waals surface area contributed by atoms with Crippen LogP contribution in [0.2, 0.25) is 0 Å². The molecule has 1 aliphatic heterocycles. The summed E-state index contributed by atoms with van der Waals surface area (Å²) in [4.78, 5) is 4.31. The van der Waals surface area contributed by atoms with Crippen LogP contribution < -0.4 is 10.1 Å². The average Bonchev–Trinajstić information content (AvgIpc) is 3.09. The molecule has 1 aromatic heterocycles. The quantitative estimate of drug-likeness (QED) is 0.920. The van der Waals surface area contributed by atoms with E-state index in [0.29, 0.717) is 17.3 Å². The maximum atomic E-state index is 13.6. The molecule has 1 aliphatic rings. The number of hydrogen-bond donors (Lipinski definition) is 1. The van der Waals surface area contributed by atoms with Crippen LogP contribution in [0.1, 0.15) is 24.7 Å². The van der Waals surface area contributed by atoms with E-state index < -0.39 is 5.82 Å². The third kappa shape index (κ3) is 2.31. The number of rotatable bonds is 3. The summed E-state index contributed by atoms with van der Waals surface area (Å²) in [6, 6.07) is 4.71. The van der Waals surface area contributed by atoms with Crippen molar-refractivity contribution in [1.82, 2.24) is 15.5 Å². The first kappa shape index (κ1) is 12.1. The first-order valence-corrected chi connectivity index (χ1v) is 6.19. The van der Waals surface area contributed by atoms with Gasteiger partial charge in [-0.1, -0.05) is 5.16 Å². The average molecular weight is 263 g/mol. The zero-order valence-corrected chi connectivity index (χ0v) is 10.5. The minimum atomic E-state index is -0.446. The fourth-order valence-corrected chi connectivity index (χ4v) is 2.20. The van der Waals surface area contributed by atoms with E-state index in [4.69, 9.17) is 9.26 Å². The van der Waals surface area contributed by atoms with Crippen LogP contribution in [-0.2, 0) is 0 Å². The summed E-state index contributed by atoms with van der Waals surface area (Å²) in [6.45, 7) is 0.964.